The van der Waals surface area contributed by atoms with Gasteiger partial charge in [-0.1, -0.05) is 22.9 Å². The summed E-state index contributed by atoms with van der Waals surface area (Å²) < 4.78 is 38.4. The zero-order chi connectivity index (χ0) is 11.6. The van der Waals surface area contributed by atoms with E-state index in [-0.39, 0.29) is 5.56 Å². The molecule has 0 unspecified atom stereocenters. The number of rotatable bonds is 2. The molecule has 0 saturated carbocycles. The van der Waals surface area contributed by atoms with E-state index < -0.39 is 11.7 Å². The fraction of sp³-hybridized carbons (Fsp3) is 0.364. The van der Waals surface area contributed by atoms with Crippen LogP contribution >= 0.6 is 15.9 Å². The Morgan fingerprint density at radius 3 is 2.40 bits per heavy atom. The minimum Gasteiger partial charge on any atom is -0.166 e. The van der Waals surface area contributed by atoms with Gasteiger partial charge >= 0.3 is 6.18 Å². The molecular formula is C11H11BrF3. The first-order valence-corrected chi connectivity index (χ1v) is 5.29. The van der Waals surface area contributed by atoms with Crippen LogP contribution in [0.1, 0.15) is 23.6 Å². The van der Waals surface area contributed by atoms with E-state index in [9.17, 15) is 13.2 Å². The summed E-state index contributed by atoms with van der Waals surface area (Å²) in [5.41, 5.74) is 0.346. The second-order valence-corrected chi connectivity index (χ2v) is 4.21. The van der Waals surface area contributed by atoms with E-state index in [4.69, 9.17) is 0 Å². The molecule has 0 amide bonds. The lowest BCUT2D eigenvalue weighted by atomic mass is 10.0. The first-order chi connectivity index (χ1) is 6.86. The third-order valence-corrected chi connectivity index (χ3v) is 2.97. The molecule has 0 atom stereocenters. The Kier molecular flexibility index (Phi) is 3.82. The van der Waals surface area contributed by atoms with Crippen molar-refractivity contribution in [2.75, 3.05) is 0 Å². The molecule has 0 aliphatic rings. The van der Waals surface area contributed by atoms with E-state index >= 15 is 0 Å². The van der Waals surface area contributed by atoms with E-state index in [1.165, 1.54) is 13.0 Å². The molecule has 0 aromatic heterocycles. The lowest BCUT2D eigenvalue weighted by molar-refractivity contribution is -0.138. The fourth-order valence-corrected chi connectivity index (χ4v) is 1.89. The Morgan fingerprint density at radius 1 is 1.33 bits per heavy atom. The van der Waals surface area contributed by atoms with Crippen LogP contribution in [0.25, 0.3) is 0 Å². The molecule has 0 spiro atoms. The SMILES string of the molecule is C[CH]Cc1cc(Br)c(C)c(C(F)(F)F)c1. The third-order valence-electron chi connectivity index (χ3n) is 2.15. The van der Waals surface area contributed by atoms with E-state index in [0.717, 1.165) is 0 Å². The van der Waals surface area contributed by atoms with Crippen molar-refractivity contribution in [2.45, 2.75) is 26.4 Å². The van der Waals surface area contributed by atoms with Gasteiger partial charge in [-0.25, -0.2) is 0 Å². The first kappa shape index (κ1) is 12.6. The molecule has 4 heteroatoms. The number of alkyl halides is 3. The predicted molar refractivity (Wildman–Crippen MR) is 57.6 cm³/mol. The molecule has 0 heterocycles. The minimum absolute atomic E-state index is 0.238. The summed E-state index contributed by atoms with van der Waals surface area (Å²) in [5.74, 6) is 0. The first-order valence-electron chi connectivity index (χ1n) is 4.50. The molecule has 0 fully saturated rings. The van der Waals surface area contributed by atoms with Crippen LogP contribution in [0.15, 0.2) is 16.6 Å². The molecule has 1 aromatic carbocycles. The van der Waals surface area contributed by atoms with Crippen molar-refractivity contribution in [2.24, 2.45) is 0 Å². The van der Waals surface area contributed by atoms with Crippen LogP contribution in [0.3, 0.4) is 0 Å². The molecule has 1 radical (unpaired) electrons. The van der Waals surface area contributed by atoms with Crippen LogP contribution < -0.4 is 0 Å². The molecular weight excluding hydrogens is 269 g/mol. The highest BCUT2D eigenvalue weighted by molar-refractivity contribution is 9.10. The van der Waals surface area contributed by atoms with Gasteiger partial charge in [-0.3, -0.25) is 0 Å². The summed E-state index contributed by atoms with van der Waals surface area (Å²) in [6.07, 6.45) is -1.91. The molecule has 15 heavy (non-hydrogen) atoms. The average Bonchev–Trinajstić information content (AvgIpc) is 2.09. The topological polar surface area (TPSA) is 0 Å². The van der Waals surface area contributed by atoms with Crippen LogP contribution in [0, 0.1) is 13.3 Å². The summed E-state index contributed by atoms with van der Waals surface area (Å²) in [5, 5.41) is 0. The van der Waals surface area contributed by atoms with Crippen molar-refractivity contribution in [1.29, 1.82) is 0 Å². The van der Waals surface area contributed by atoms with Gasteiger partial charge in [-0.15, -0.1) is 0 Å². The van der Waals surface area contributed by atoms with Gasteiger partial charge in [0.05, 0.1) is 5.56 Å². The van der Waals surface area contributed by atoms with Gasteiger partial charge in [0, 0.05) is 4.47 Å². The Morgan fingerprint density at radius 2 is 1.93 bits per heavy atom. The normalized spacial score (nSPS) is 11.9. The molecule has 0 N–H and O–H groups in total. The Labute approximate surface area is 95.6 Å². The van der Waals surface area contributed by atoms with Crippen molar-refractivity contribution < 1.29 is 13.2 Å². The van der Waals surface area contributed by atoms with Gasteiger partial charge in [0.2, 0.25) is 0 Å². The number of hydrogen-bond acceptors (Lipinski definition) is 0. The number of halogens is 4. The molecule has 1 aromatic rings. The molecule has 0 nitrogen and oxygen atoms in total. The highest BCUT2D eigenvalue weighted by Crippen LogP contribution is 2.35. The Balaban J connectivity index is 3.25. The summed E-state index contributed by atoms with van der Waals surface area (Å²) in [6, 6.07) is 2.94. The third kappa shape index (κ3) is 2.97. The van der Waals surface area contributed by atoms with Gasteiger partial charge in [-0.05, 0) is 43.0 Å². The zero-order valence-electron chi connectivity index (χ0n) is 8.45. The van der Waals surface area contributed by atoms with E-state index in [2.05, 4.69) is 15.9 Å². The quantitative estimate of drug-likeness (QED) is 0.746. The molecule has 0 aliphatic heterocycles. The standard InChI is InChI=1S/C11H11BrF3/c1-3-4-8-5-9(11(13,14)15)7(2)10(12)6-8/h3,5-6H,4H2,1-2H3. The maximum Gasteiger partial charge on any atom is 0.416 e. The van der Waals surface area contributed by atoms with Crippen molar-refractivity contribution >= 4 is 15.9 Å². The van der Waals surface area contributed by atoms with Gasteiger partial charge in [0.25, 0.3) is 0 Å². The van der Waals surface area contributed by atoms with Gasteiger partial charge in [0.1, 0.15) is 0 Å². The van der Waals surface area contributed by atoms with Crippen molar-refractivity contribution in [1.82, 2.24) is 0 Å². The zero-order valence-corrected chi connectivity index (χ0v) is 10.0. The largest absolute Gasteiger partial charge is 0.416 e. The van der Waals surface area contributed by atoms with E-state index in [0.29, 0.717) is 16.5 Å². The van der Waals surface area contributed by atoms with Gasteiger partial charge in [0.15, 0.2) is 0 Å². The molecule has 1 rings (SSSR count). The maximum absolute atomic E-state index is 12.6. The van der Waals surface area contributed by atoms with Gasteiger partial charge < -0.3 is 0 Å². The van der Waals surface area contributed by atoms with Crippen molar-refractivity contribution in [3.05, 3.63) is 39.7 Å². The molecule has 83 valence electrons. The van der Waals surface area contributed by atoms with Crippen LogP contribution in [0.4, 0.5) is 13.2 Å². The Hall–Kier alpha value is -0.510. The molecule has 0 bridgehead atoms. The molecule has 0 saturated heterocycles. The number of benzene rings is 1. The lowest BCUT2D eigenvalue weighted by Crippen LogP contribution is -2.08. The van der Waals surface area contributed by atoms with Crippen molar-refractivity contribution in [3.63, 3.8) is 0 Å². The Bertz CT molecular complexity index is 356. The summed E-state index contributed by atoms with van der Waals surface area (Å²) in [7, 11) is 0. The van der Waals surface area contributed by atoms with E-state index in [1.807, 2.05) is 13.3 Å². The highest BCUT2D eigenvalue weighted by atomic mass is 79.9. The fourth-order valence-electron chi connectivity index (χ4n) is 1.38. The predicted octanol–water partition coefficient (Wildman–Crippen LogP) is 4.54. The van der Waals surface area contributed by atoms with Gasteiger partial charge in [-0.2, -0.15) is 13.2 Å². The highest BCUT2D eigenvalue weighted by Gasteiger charge is 2.33. The van der Waals surface area contributed by atoms with Crippen LogP contribution in [0.5, 0.6) is 0 Å². The van der Waals surface area contributed by atoms with Crippen LogP contribution in [-0.2, 0) is 12.6 Å². The second-order valence-electron chi connectivity index (χ2n) is 3.36. The van der Waals surface area contributed by atoms with Crippen molar-refractivity contribution in [3.8, 4) is 0 Å². The van der Waals surface area contributed by atoms with E-state index in [1.54, 1.807) is 6.07 Å². The smallest absolute Gasteiger partial charge is 0.166 e. The van der Waals surface area contributed by atoms with Crippen LogP contribution in [-0.4, -0.2) is 0 Å². The second kappa shape index (κ2) is 4.56. The summed E-state index contributed by atoms with van der Waals surface area (Å²) in [4.78, 5) is 0. The van der Waals surface area contributed by atoms with Crippen LogP contribution in [0.2, 0.25) is 0 Å². The number of hydrogen-bond donors (Lipinski definition) is 0. The minimum atomic E-state index is -4.28. The summed E-state index contributed by atoms with van der Waals surface area (Å²) in [6.45, 7) is 3.29. The monoisotopic (exact) mass is 279 g/mol. The lowest BCUT2D eigenvalue weighted by Gasteiger charge is -2.13. The molecule has 0 aliphatic carbocycles. The summed E-state index contributed by atoms with van der Waals surface area (Å²) >= 11 is 3.15. The average molecular weight is 280 g/mol. The maximum atomic E-state index is 12.6.